The average Bonchev–Trinajstić information content (AvgIpc) is 2.55. The SMILES string of the molecule is Cc1cccc(NC(=O)c2cc(C)nc(N3CCOCC3)n2)c1. The maximum absolute atomic E-state index is 12.5. The molecule has 0 saturated carbocycles. The highest BCUT2D eigenvalue weighted by Gasteiger charge is 2.17. The zero-order valence-corrected chi connectivity index (χ0v) is 13.4. The highest BCUT2D eigenvalue weighted by Crippen LogP contribution is 2.15. The average molecular weight is 312 g/mol. The van der Waals surface area contributed by atoms with Gasteiger partial charge in [0.15, 0.2) is 0 Å². The van der Waals surface area contributed by atoms with Gasteiger partial charge in [-0.05, 0) is 37.6 Å². The number of benzene rings is 1. The van der Waals surface area contributed by atoms with Crippen molar-refractivity contribution in [2.75, 3.05) is 36.5 Å². The molecule has 120 valence electrons. The van der Waals surface area contributed by atoms with Crippen molar-refractivity contribution in [2.24, 2.45) is 0 Å². The molecule has 0 radical (unpaired) electrons. The van der Waals surface area contributed by atoms with Crippen molar-refractivity contribution in [1.29, 1.82) is 0 Å². The molecule has 1 aromatic carbocycles. The lowest BCUT2D eigenvalue weighted by Gasteiger charge is -2.27. The predicted molar refractivity (Wildman–Crippen MR) is 88.9 cm³/mol. The molecule has 3 rings (SSSR count). The molecule has 0 bridgehead atoms. The van der Waals surface area contributed by atoms with Crippen LogP contribution in [0.15, 0.2) is 30.3 Å². The second-order valence-electron chi connectivity index (χ2n) is 5.62. The summed E-state index contributed by atoms with van der Waals surface area (Å²) in [5, 5.41) is 2.88. The Balaban J connectivity index is 1.81. The number of ether oxygens (including phenoxy) is 1. The van der Waals surface area contributed by atoms with E-state index in [0.717, 1.165) is 30.0 Å². The Morgan fingerprint density at radius 2 is 1.96 bits per heavy atom. The number of anilines is 2. The van der Waals surface area contributed by atoms with Crippen LogP contribution in [0.5, 0.6) is 0 Å². The van der Waals surface area contributed by atoms with Gasteiger partial charge in [-0.15, -0.1) is 0 Å². The molecule has 0 aliphatic carbocycles. The van der Waals surface area contributed by atoms with Crippen molar-refractivity contribution in [3.8, 4) is 0 Å². The Kier molecular flexibility index (Phi) is 4.52. The molecular formula is C17H20N4O2. The zero-order chi connectivity index (χ0) is 16.2. The number of morpholine rings is 1. The Labute approximate surface area is 135 Å². The summed E-state index contributed by atoms with van der Waals surface area (Å²) in [5.41, 5.74) is 3.01. The van der Waals surface area contributed by atoms with Gasteiger partial charge in [-0.25, -0.2) is 9.97 Å². The van der Waals surface area contributed by atoms with Crippen LogP contribution in [-0.4, -0.2) is 42.2 Å². The fourth-order valence-electron chi connectivity index (χ4n) is 2.49. The van der Waals surface area contributed by atoms with Gasteiger partial charge in [0.1, 0.15) is 5.69 Å². The first-order valence-corrected chi connectivity index (χ1v) is 7.68. The van der Waals surface area contributed by atoms with Gasteiger partial charge in [0.05, 0.1) is 13.2 Å². The van der Waals surface area contributed by atoms with Crippen LogP contribution >= 0.6 is 0 Å². The molecule has 0 spiro atoms. The van der Waals surface area contributed by atoms with Crippen LogP contribution in [0.1, 0.15) is 21.7 Å². The van der Waals surface area contributed by atoms with E-state index in [9.17, 15) is 4.79 Å². The lowest BCUT2D eigenvalue weighted by Crippen LogP contribution is -2.37. The molecule has 1 aromatic heterocycles. The summed E-state index contributed by atoms with van der Waals surface area (Å²) in [5.74, 6) is 0.360. The van der Waals surface area contributed by atoms with Crippen molar-refractivity contribution in [1.82, 2.24) is 9.97 Å². The van der Waals surface area contributed by atoms with Gasteiger partial charge in [0.2, 0.25) is 5.95 Å². The molecule has 1 N–H and O–H groups in total. The Morgan fingerprint density at radius 1 is 1.17 bits per heavy atom. The van der Waals surface area contributed by atoms with Crippen LogP contribution in [0.2, 0.25) is 0 Å². The fourth-order valence-corrected chi connectivity index (χ4v) is 2.49. The summed E-state index contributed by atoms with van der Waals surface area (Å²) < 4.78 is 5.34. The predicted octanol–water partition coefficient (Wildman–Crippen LogP) is 2.18. The second-order valence-corrected chi connectivity index (χ2v) is 5.62. The number of hydrogen-bond acceptors (Lipinski definition) is 5. The van der Waals surface area contributed by atoms with Gasteiger partial charge in [-0.2, -0.15) is 0 Å². The van der Waals surface area contributed by atoms with Crippen LogP contribution < -0.4 is 10.2 Å². The van der Waals surface area contributed by atoms with Crippen molar-refractivity contribution in [2.45, 2.75) is 13.8 Å². The minimum Gasteiger partial charge on any atom is -0.378 e. The molecule has 0 atom stereocenters. The molecule has 1 amide bonds. The maximum atomic E-state index is 12.5. The third kappa shape index (κ3) is 3.84. The number of aryl methyl sites for hydroxylation is 2. The maximum Gasteiger partial charge on any atom is 0.274 e. The number of carbonyl (C=O) groups excluding carboxylic acids is 1. The molecule has 0 unspecified atom stereocenters. The lowest BCUT2D eigenvalue weighted by molar-refractivity contribution is 0.102. The van der Waals surface area contributed by atoms with Gasteiger partial charge in [0.25, 0.3) is 5.91 Å². The fraction of sp³-hybridized carbons (Fsp3) is 0.353. The van der Waals surface area contributed by atoms with E-state index in [1.165, 1.54) is 0 Å². The molecule has 2 heterocycles. The third-order valence-electron chi connectivity index (χ3n) is 3.64. The summed E-state index contributed by atoms with van der Waals surface area (Å²) in [6.45, 7) is 6.64. The van der Waals surface area contributed by atoms with Gasteiger partial charge in [0, 0.05) is 24.5 Å². The normalized spacial score (nSPS) is 14.6. The third-order valence-corrected chi connectivity index (χ3v) is 3.64. The van der Waals surface area contributed by atoms with E-state index in [1.54, 1.807) is 6.07 Å². The Bertz CT molecular complexity index is 711. The van der Waals surface area contributed by atoms with E-state index in [4.69, 9.17) is 4.74 Å². The number of nitrogens with one attached hydrogen (secondary N) is 1. The van der Waals surface area contributed by atoms with Gasteiger partial charge in [-0.1, -0.05) is 12.1 Å². The van der Waals surface area contributed by atoms with Gasteiger partial charge >= 0.3 is 0 Å². The zero-order valence-electron chi connectivity index (χ0n) is 13.4. The van der Waals surface area contributed by atoms with E-state index >= 15 is 0 Å². The van der Waals surface area contributed by atoms with Crippen LogP contribution in [0.3, 0.4) is 0 Å². The first kappa shape index (κ1) is 15.4. The molecule has 6 nitrogen and oxygen atoms in total. The Hall–Kier alpha value is -2.47. The highest BCUT2D eigenvalue weighted by molar-refractivity contribution is 6.03. The molecular weight excluding hydrogens is 292 g/mol. The largest absolute Gasteiger partial charge is 0.378 e. The quantitative estimate of drug-likeness (QED) is 0.941. The van der Waals surface area contributed by atoms with Gasteiger partial charge < -0.3 is 15.0 Å². The summed E-state index contributed by atoms with van der Waals surface area (Å²) in [6.07, 6.45) is 0. The smallest absolute Gasteiger partial charge is 0.274 e. The number of hydrogen-bond donors (Lipinski definition) is 1. The molecule has 1 saturated heterocycles. The molecule has 23 heavy (non-hydrogen) atoms. The number of carbonyl (C=O) groups is 1. The van der Waals surface area contributed by atoms with E-state index < -0.39 is 0 Å². The topological polar surface area (TPSA) is 67.4 Å². The second kappa shape index (κ2) is 6.75. The number of amides is 1. The van der Waals surface area contributed by atoms with Gasteiger partial charge in [-0.3, -0.25) is 4.79 Å². The first-order valence-electron chi connectivity index (χ1n) is 7.68. The van der Waals surface area contributed by atoms with Crippen LogP contribution in [0.25, 0.3) is 0 Å². The number of rotatable bonds is 3. The van der Waals surface area contributed by atoms with Crippen LogP contribution in [0.4, 0.5) is 11.6 Å². The molecule has 2 aromatic rings. The summed E-state index contributed by atoms with van der Waals surface area (Å²) in [6, 6.07) is 9.39. The lowest BCUT2D eigenvalue weighted by atomic mass is 10.2. The van der Waals surface area contributed by atoms with Crippen LogP contribution in [-0.2, 0) is 4.74 Å². The number of aromatic nitrogens is 2. The molecule has 6 heteroatoms. The van der Waals surface area contributed by atoms with E-state index in [-0.39, 0.29) is 5.91 Å². The Morgan fingerprint density at radius 3 is 2.70 bits per heavy atom. The molecule has 1 aliphatic rings. The number of nitrogens with zero attached hydrogens (tertiary/aromatic N) is 3. The van der Waals surface area contributed by atoms with Crippen molar-refractivity contribution >= 4 is 17.5 Å². The standard InChI is InChI=1S/C17H20N4O2/c1-12-4-3-5-14(10-12)19-16(22)15-11-13(2)18-17(20-15)21-6-8-23-9-7-21/h3-5,10-11H,6-9H2,1-2H3,(H,19,22). The minimum absolute atomic E-state index is 0.226. The summed E-state index contributed by atoms with van der Waals surface area (Å²) in [7, 11) is 0. The summed E-state index contributed by atoms with van der Waals surface area (Å²) in [4.78, 5) is 23.4. The van der Waals surface area contributed by atoms with Crippen molar-refractivity contribution in [3.05, 3.63) is 47.3 Å². The van der Waals surface area contributed by atoms with Crippen molar-refractivity contribution < 1.29 is 9.53 Å². The van der Waals surface area contributed by atoms with Crippen LogP contribution in [0, 0.1) is 13.8 Å². The van der Waals surface area contributed by atoms with E-state index in [0.29, 0.717) is 24.9 Å². The monoisotopic (exact) mass is 312 g/mol. The van der Waals surface area contributed by atoms with E-state index in [2.05, 4.69) is 15.3 Å². The minimum atomic E-state index is -0.226. The summed E-state index contributed by atoms with van der Waals surface area (Å²) >= 11 is 0. The van der Waals surface area contributed by atoms with Crippen molar-refractivity contribution in [3.63, 3.8) is 0 Å². The first-order chi connectivity index (χ1) is 11.1. The molecule has 1 aliphatic heterocycles. The van der Waals surface area contributed by atoms with E-state index in [1.807, 2.05) is 43.0 Å². The highest BCUT2D eigenvalue weighted by atomic mass is 16.5. The molecule has 1 fully saturated rings.